The normalized spacial score (nSPS) is 19.0. The van der Waals surface area contributed by atoms with E-state index in [0.29, 0.717) is 30.5 Å². The third-order valence-electron chi connectivity index (χ3n) is 4.47. The number of methoxy groups -OCH3 is 1. The average molecular weight is 363 g/mol. The number of rotatable bonds is 5. The topological polar surface area (TPSA) is 97.4 Å². The van der Waals surface area contributed by atoms with Crippen LogP contribution < -0.4 is 19.5 Å². The van der Waals surface area contributed by atoms with E-state index in [2.05, 4.69) is 5.32 Å². The largest absolute Gasteiger partial charge is 0.496 e. The van der Waals surface area contributed by atoms with Gasteiger partial charge in [-0.05, 0) is 6.07 Å². The molecular weight excluding hydrogens is 342 g/mol. The van der Waals surface area contributed by atoms with Gasteiger partial charge < -0.3 is 24.4 Å². The molecule has 0 spiro atoms. The van der Waals surface area contributed by atoms with E-state index in [0.717, 1.165) is 10.5 Å². The lowest BCUT2D eigenvalue weighted by Gasteiger charge is -2.21. The first kappa shape index (κ1) is 17.8. The molecule has 0 radical (unpaired) electrons. The van der Waals surface area contributed by atoms with Crippen LogP contribution in [-0.2, 0) is 16.1 Å². The standard InChI is InChI=1S/C17H21N3O6/c1-19-11(16(22)20(2)17(19)23)7-15(21)18-9-10-6-13-14(8-12(10)24-3)26-5-4-25-13/h6,8,11H,4-5,7,9H2,1-3H3,(H,18,21)/t11-/m1/s1. The highest BCUT2D eigenvalue weighted by Crippen LogP contribution is 2.36. The summed E-state index contributed by atoms with van der Waals surface area (Å²) in [7, 11) is 4.44. The molecule has 0 unspecified atom stereocenters. The summed E-state index contributed by atoms with van der Waals surface area (Å²) in [5, 5.41) is 2.75. The van der Waals surface area contributed by atoms with Crippen molar-refractivity contribution in [2.45, 2.75) is 19.0 Å². The van der Waals surface area contributed by atoms with E-state index >= 15 is 0 Å². The lowest BCUT2D eigenvalue weighted by molar-refractivity contribution is -0.131. The van der Waals surface area contributed by atoms with Crippen LogP contribution in [-0.4, -0.2) is 68.1 Å². The highest BCUT2D eigenvalue weighted by Gasteiger charge is 2.41. The molecule has 1 N–H and O–H groups in total. The smallest absolute Gasteiger partial charge is 0.326 e. The van der Waals surface area contributed by atoms with Crippen molar-refractivity contribution in [2.24, 2.45) is 0 Å². The molecule has 0 bridgehead atoms. The summed E-state index contributed by atoms with van der Waals surface area (Å²) in [5.41, 5.74) is 0.726. The van der Waals surface area contributed by atoms with Crippen molar-refractivity contribution in [3.05, 3.63) is 17.7 Å². The second-order valence-electron chi connectivity index (χ2n) is 6.10. The Morgan fingerprint density at radius 2 is 1.88 bits per heavy atom. The van der Waals surface area contributed by atoms with Crippen molar-refractivity contribution in [1.82, 2.24) is 15.1 Å². The minimum absolute atomic E-state index is 0.0989. The number of carbonyl (C=O) groups is 3. The summed E-state index contributed by atoms with van der Waals surface area (Å²) in [6.07, 6.45) is -0.0989. The molecule has 0 aliphatic carbocycles. The summed E-state index contributed by atoms with van der Waals surface area (Å²) in [6, 6.07) is 2.28. The predicted molar refractivity (Wildman–Crippen MR) is 90.2 cm³/mol. The molecule has 0 saturated carbocycles. The quantitative estimate of drug-likeness (QED) is 0.759. The fourth-order valence-corrected chi connectivity index (χ4v) is 2.96. The van der Waals surface area contributed by atoms with E-state index in [4.69, 9.17) is 14.2 Å². The van der Waals surface area contributed by atoms with E-state index in [9.17, 15) is 14.4 Å². The van der Waals surface area contributed by atoms with Crippen LogP contribution >= 0.6 is 0 Å². The zero-order valence-corrected chi connectivity index (χ0v) is 14.9. The number of nitrogens with one attached hydrogen (secondary N) is 1. The van der Waals surface area contributed by atoms with Gasteiger partial charge in [0.1, 0.15) is 25.0 Å². The molecule has 4 amide bonds. The van der Waals surface area contributed by atoms with Gasteiger partial charge in [0, 0.05) is 32.3 Å². The SMILES string of the molecule is COc1cc2c(cc1CNC(=O)C[C@@H]1C(=O)N(C)C(=O)N1C)OCCO2. The fourth-order valence-electron chi connectivity index (χ4n) is 2.96. The van der Waals surface area contributed by atoms with Crippen molar-refractivity contribution in [2.75, 3.05) is 34.4 Å². The Bertz CT molecular complexity index is 750. The molecule has 140 valence electrons. The van der Waals surface area contributed by atoms with Crippen molar-refractivity contribution >= 4 is 17.8 Å². The lowest BCUT2D eigenvalue weighted by atomic mass is 10.1. The summed E-state index contributed by atoms with van der Waals surface area (Å²) >= 11 is 0. The highest BCUT2D eigenvalue weighted by molar-refractivity contribution is 6.05. The van der Waals surface area contributed by atoms with Crippen LogP contribution in [0.5, 0.6) is 17.2 Å². The summed E-state index contributed by atoms with van der Waals surface area (Å²) in [4.78, 5) is 38.3. The first-order valence-corrected chi connectivity index (χ1v) is 8.20. The van der Waals surface area contributed by atoms with Gasteiger partial charge in [-0.2, -0.15) is 0 Å². The molecule has 0 aromatic heterocycles. The molecule has 1 aromatic rings. The Balaban J connectivity index is 1.64. The maximum atomic E-state index is 12.2. The maximum absolute atomic E-state index is 12.2. The molecule has 9 heteroatoms. The van der Waals surface area contributed by atoms with Crippen LogP contribution in [0, 0.1) is 0 Å². The molecule has 1 fully saturated rings. The van der Waals surface area contributed by atoms with Crippen LogP contribution in [0.25, 0.3) is 0 Å². The first-order valence-electron chi connectivity index (χ1n) is 8.20. The minimum atomic E-state index is -0.783. The third-order valence-corrected chi connectivity index (χ3v) is 4.47. The number of fused-ring (bicyclic) bond motifs is 1. The van der Waals surface area contributed by atoms with Gasteiger partial charge in [0.15, 0.2) is 11.5 Å². The van der Waals surface area contributed by atoms with Crippen LogP contribution in [0.4, 0.5) is 4.79 Å². The van der Waals surface area contributed by atoms with Crippen molar-refractivity contribution in [3.63, 3.8) is 0 Å². The number of hydrogen-bond donors (Lipinski definition) is 1. The van der Waals surface area contributed by atoms with Gasteiger partial charge in [-0.1, -0.05) is 0 Å². The van der Waals surface area contributed by atoms with E-state index < -0.39 is 12.1 Å². The van der Waals surface area contributed by atoms with Gasteiger partial charge in [0.25, 0.3) is 5.91 Å². The van der Waals surface area contributed by atoms with Crippen molar-refractivity contribution in [3.8, 4) is 17.2 Å². The summed E-state index contributed by atoms with van der Waals surface area (Å²) in [6.45, 7) is 1.14. The number of amides is 4. The van der Waals surface area contributed by atoms with Gasteiger partial charge in [-0.15, -0.1) is 0 Å². The monoisotopic (exact) mass is 363 g/mol. The van der Waals surface area contributed by atoms with Gasteiger partial charge in [0.2, 0.25) is 5.91 Å². The van der Waals surface area contributed by atoms with E-state index in [1.807, 2.05) is 0 Å². The molecule has 2 aliphatic heterocycles. The molecule has 3 rings (SSSR count). The van der Waals surface area contributed by atoms with E-state index in [1.165, 1.54) is 26.1 Å². The predicted octanol–water partition coefficient (Wildman–Crippen LogP) is 0.365. The van der Waals surface area contributed by atoms with Crippen LogP contribution in [0.3, 0.4) is 0 Å². The zero-order chi connectivity index (χ0) is 18.8. The van der Waals surface area contributed by atoms with Crippen LogP contribution in [0.1, 0.15) is 12.0 Å². The number of urea groups is 1. The fraction of sp³-hybridized carbons (Fsp3) is 0.471. The van der Waals surface area contributed by atoms with E-state index in [1.54, 1.807) is 12.1 Å². The summed E-state index contributed by atoms with van der Waals surface area (Å²) in [5.74, 6) is 1.04. The Morgan fingerprint density at radius 3 is 2.46 bits per heavy atom. The van der Waals surface area contributed by atoms with E-state index in [-0.39, 0.29) is 24.8 Å². The van der Waals surface area contributed by atoms with Gasteiger partial charge in [0.05, 0.1) is 13.5 Å². The minimum Gasteiger partial charge on any atom is -0.496 e. The molecular formula is C17H21N3O6. The number of ether oxygens (including phenoxy) is 3. The maximum Gasteiger partial charge on any atom is 0.326 e. The number of likely N-dealkylation sites (N-methyl/N-ethyl adjacent to an activating group) is 2. The summed E-state index contributed by atoms with van der Waals surface area (Å²) < 4.78 is 16.4. The number of nitrogens with zero attached hydrogens (tertiary/aromatic N) is 2. The Morgan fingerprint density at radius 1 is 1.23 bits per heavy atom. The van der Waals surface area contributed by atoms with Gasteiger partial charge in [-0.25, -0.2) is 4.79 Å². The highest BCUT2D eigenvalue weighted by atomic mass is 16.6. The van der Waals surface area contributed by atoms with Gasteiger partial charge >= 0.3 is 6.03 Å². The van der Waals surface area contributed by atoms with Crippen LogP contribution in [0.2, 0.25) is 0 Å². The van der Waals surface area contributed by atoms with Crippen molar-refractivity contribution < 1.29 is 28.6 Å². The van der Waals surface area contributed by atoms with Crippen LogP contribution in [0.15, 0.2) is 12.1 Å². The second-order valence-corrected chi connectivity index (χ2v) is 6.10. The molecule has 1 saturated heterocycles. The first-order chi connectivity index (χ1) is 12.4. The Hall–Kier alpha value is -2.97. The Kier molecular flexibility index (Phi) is 4.88. The second kappa shape index (κ2) is 7.11. The number of hydrogen-bond acceptors (Lipinski definition) is 6. The zero-order valence-electron chi connectivity index (χ0n) is 14.9. The third kappa shape index (κ3) is 3.24. The van der Waals surface area contributed by atoms with Crippen molar-refractivity contribution in [1.29, 1.82) is 0 Å². The molecule has 1 atom stereocenters. The molecule has 26 heavy (non-hydrogen) atoms. The number of benzene rings is 1. The lowest BCUT2D eigenvalue weighted by Crippen LogP contribution is -2.37. The molecule has 2 heterocycles. The number of imide groups is 1. The molecule has 9 nitrogen and oxygen atoms in total. The van der Waals surface area contributed by atoms with Gasteiger partial charge in [-0.3, -0.25) is 14.5 Å². The Labute approximate surface area is 150 Å². The average Bonchev–Trinajstić information content (AvgIpc) is 2.83. The molecule has 2 aliphatic rings. The number of carbonyl (C=O) groups excluding carboxylic acids is 3. The molecule has 1 aromatic carbocycles.